The summed E-state index contributed by atoms with van der Waals surface area (Å²) < 4.78 is 10.6. The lowest BCUT2D eigenvalue weighted by atomic mass is 9.71. The van der Waals surface area contributed by atoms with E-state index in [4.69, 9.17) is 15.2 Å². The van der Waals surface area contributed by atoms with Crippen molar-refractivity contribution >= 4 is 5.91 Å². The van der Waals surface area contributed by atoms with Crippen molar-refractivity contribution in [3.05, 3.63) is 23.8 Å². The molecule has 0 bridgehead atoms. The first-order chi connectivity index (χ1) is 12.1. The third-order valence-corrected chi connectivity index (χ3v) is 5.30. The summed E-state index contributed by atoms with van der Waals surface area (Å²) >= 11 is 0. The Morgan fingerprint density at radius 2 is 1.88 bits per heavy atom. The van der Waals surface area contributed by atoms with E-state index in [1.54, 1.807) is 14.2 Å². The van der Waals surface area contributed by atoms with Gasteiger partial charge in [0.25, 0.3) is 0 Å². The van der Waals surface area contributed by atoms with Crippen LogP contribution in [0.2, 0.25) is 0 Å². The number of aryl methyl sites for hydroxylation is 1. The Balaban J connectivity index is 1.74. The molecular formula is C20H32N2O3. The topological polar surface area (TPSA) is 73.6 Å². The summed E-state index contributed by atoms with van der Waals surface area (Å²) in [5.74, 6) is 1.62. The fourth-order valence-electron chi connectivity index (χ4n) is 3.71. The molecule has 0 saturated heterocycles. The maximum Gasteiger partial charge on any atom is 0.220 e. The van der Waals surface area contributed by atoms with Gasteiger partial charge in [0.2, 0.25) is 5.91 Å². The van der Waals surface area contributed by atoms with Gasteiger partial charge in [-0.15, -0.1) is 0 Å². The van der Waals surface area contributed by atoms with Gasteiger partial charge in [0.1, 0.15) is 0 Å². The summed E-state index contributed by atoms with van der Waals surface area (Å²) in [5.41, 5.74) is 7.18. The van der Waals surface area contributed by atoms with Crippen LogP contribution in [0.1, 0.15) is 50.5 Å². The minimum Gasteiger partial charge on any atom is -0.493 e. The standard InChI is InChI=1S/C20H32N2O3/c1-24-17-9-8-16(13-18(17)25-2)7-6-12-22-19(23)14-20(15-21)10-4-3-5-11-20/h8-9,13H,3-7,10-12,14-15,21H2,1-2H3,(H,22,23). The van der Waals surface area contributed by atoms with Crippen molar-refractivity contribution in [2.24, 2.45) is 11.1 Å². The number of nitrogens with two attached hydrogens (primary N) is 1. The van der Waals surface area contributed by atoms with E-state index in [-0.39, 0.29) is 11.3 Å². The SMILES string of the molecule is COc1ccc(CCCNC(=O)CC2(CN)CCCCC2)cc1OC. The van der Waals surface area contributed by atoms with Crippen LogP contribution in [0.25, 0.3) is 0 Å². The lowest BCUT2D eigenvalue weighted by Gasteiger charge is -2.35. The second-order valence-electron chi connectivity index (χ2n) is 7.08. The predicted octanol–water partition coefficient (Wildman–Crippen LogP) is 3.05. The van der Waals surface area contributed by atoms with E-state index in [9.17, 15) is 4.79 Å². The Bertz CT molecular complexity index is 554. The molecule has 0 unspecified atom stereocenters. The fourth-order valence-corrected chi connectivity index (χ4v) is 3.71. The van der Waals surface area contributed by atoms with Gasteiger partial charge in [0, 0.05) is 13.0 Å². The zero-order valence-electron chi connectivity index (χ0n) is 15.6. The summed E-state index contributed by atoms with van der Waals surface area (Å²) in [6, 6.07) is 5.95. The van der Waals surface area contributed by atoms with Gasteiger partial charge in [-0.05, 0) is 55.3 Å². The first kappa shape index (κ1) is 19.6. The van der Waals surface area contributed by atoms with Crippen molar-refractivity contribution in [1.82, 2.24) is 5.32 Å². The molecule has 140 valence electrons. The molecule has 1 aliphatic rings. The van der Waals surface area contributed by atoms with Gasteiger partial charge in [0.05, 0.1) is 14.2 Å². The Labute approximate surface area is 151 Å². The highest BCUT2D eigenvalue weighted by atomic mass is 16.5. The zero-order valence-corrected chi connectivity index (χ0v) is 15.6. The van der Waals surface area contributed by atoms with Gasteiger partial charge >= 0.3 is 0 Å². The van der Waals surface area contributed by atoms with Crippen LogP contribution in [0.5, 0.6) is 11.5 Å². The normalized spacial score (nSPS) is 16.3. The minimum atomic E-state index is 0.0334. The number of methoxy groups -OCH3 is 2. The maximum absolute atomic E-state index is 12.3. The average Bonchev–Trinajstić information content (AvgIpc) is 2.65. The summed E-state index contributed by atoms with van der Waals surface area (Å²) in [7, 11) is 3.27. The van der Waals surface area contributed by atoms with Crippen LogP contribution in [0.15, 0.2) is 18.2 Å². The molecule has 1 amide bonds. The number of hydrogen-bond donors (Lipinski definition) is 2. The third kappa shape index (κ3) is 5.63. The first-order valence-corrected chi connectivity index (χ1v) is 9.30. The molecule has 5 heteroatoms. The number of hydrogen-bond acceptors (Lipinski definition) is 4. The molecular weight excluding hydrogens is 316 g/mol. The van der Waals surface area contributed by atoms with E-state index >= 15 is 0 Å². The van der Waals surface area contributed by atoms with Gasteiger partial charge in [-0.3, -0.25) is 4.79 Å². The zero-order chi connectivity index (χ0) is 18.1. The highest BCUT2D eigenvalue weighted by Gasteiger charge is 2.32. The minimum absolute atomic E-state index is 0.0334. The third-order valence-electron chi connectivity index (χ3n) is 5.30. The second kappa shape index (κ2) is 9.66. The number of nitrogens with one attached hydrogen (secondary N) is 1. The molecule has 2 rings (SSSR count). The van der Waals surface area contributed by atoms with Gasteiger partial charge in [-0.25, -0.2) is 0 Å². The second-order valence-corrected chi connectivity index (χ2v) is 7.08. The lowest BCUT2D eigenvalue weighted by Crippen LogP contribution is -2.38. The van der Waals surface area contributed by atoms with E-state index in [1.807, 2.05) is 18.2 Å². The quantitative estimate of drug-likeness (QED) is 0.673. The van der Waals surface area contributed by atoms with Crippen LogP contribution < -0.4 is 20.5 Å². The van der Waals surface area contributed by atoms with Gasteiger partial charge in [0.15, 0.2) is 11.5 Å². The van der Waals surface area contributed by atoms with Crippen molar-refractivity contribution in [3.8, 4) is 11.5 Å². The number of carbonyl (C=O) groups excluding carboxylic acids is 1. The monoisotopic (exact) mass is 348 g/mol. The van der Waals surface area contributed by atoms with E-state index < -0.39 is 0 Å². The van der Waals surface area contributed by atoms with E-state index in [0.717, 1.165) is 37.2 Å². The maximum atomic E-state index is 12.3. The molecule has 0 spiro atoms. The van der Waals surface area contributed by atoms with Crippen LogP contribution in [0.4, 0.5) is 0 Å². The molecule has 0 radical (unpaired) electrons. The largest absolute Gasteiger partial charge is 0.493 e. The molecule has 1 fully saturated rings. The molecule has 5 nitrogen and oxygen atoms in total. The smallest absolute Gasteiger partial charge is 0.220 e. The number of rotatable bonds is 9. The molecule has 1 aromatic carbocycles. The molecule has 0 aromatic heterocycles. The summed E-state index contributed by atoms with van der Waals surface area (Å²) in [6.07, 6.45) is 8.20. The lowest BCUT2D eigenvalue weighted by molar-refractivity contribution is -0.123. The highest BCUT2D eigenvalue weighted by molar-refractivity contribution is 5.76. The predicted molar refractivity (Wildman–Crippen MR) is 100 cm³/mol. The molecule has 0 aliphatic heterocycles. The van der Waals surface area contributed by atoms with Crippen molar-refractivity contribution in [3.63, 3.8) is 0 Å². The van der Waals surface area contributed by atoms with Crippen LogP contribution in [0.3, 0.4) is 0 Å². The Hall–Kier alpha value is -1.75. The van der Waals surface area contributed by atoms with Crippen LogP contribution in [-0.2, 0) is 11.2 Å². The number of ether oxygens (including phenoxy) is 2. The fraction of sp³-hybridized carbons (Fsp3) is 0.650. The van der Waals surface area contributed by atoms with E-state index in [1.165, 1.54) is 24.8 Å². The Morgan fingerprint density at radius 1 is 1.16 bits per heavy atom. The molecule has 1 aromatic rings. The Kier molecular flexibility index (Phi) is 7.56. The molecule has 25 heavy (non-hydrogen) atoms. The molecule has 1 aliphatic carbocycles. The van der Waals surface area contributed by atoms with Crippen LogP contribution in [0, 0.1) is 5.41 Å². The van der Waals surface area contributed by atoms with E-state index in [0.29, 0.717) is 19.5 Å². The van der Waals surface area contributed by atoms with Crippen molar-refractivity contribution in [2.45, 2.75) is 51.4 Å². The summed E-state index contributed by atoms with van der Waals surface area (Å²) in [6.45, 7) is 1.31. The molecule has 0 heterocycles. The molecule has 0 atom stereocenters. The Morgan fingerprint density at radius 3 is 2.52 bits per heavy atom. The molecule has 3 N–H and O–H groups in total. The van der Waals surface area contributed by atoms with Crippen molar-refractivity contribution in [1.29, 1.82) is 0 Å². The van der Waals surface area contributed by atoms with Gasteiger partial charge in [-0.2, -0.15) is 0 Å². The van der Waals surface area contributed by atoms with Crippen molar-refractivity contribution < 1.29 is 14.3 Å². The van der Waals surface area contributed by atoms with Gasteiger partial charge < -0.3 is 20.5 Å². The summed E-state index contributed by atoms with van der Waals surface area (Å²) in [5, 5.41) is 3.06. The summed E-state index contributed by atoms with van der Waals surface area (Å²) in [4.78, 5) is 12.3. The van der Waals surface area contributed by atoms with E-state index in [2.05, 4.69) is 5.32 Å². The average molecular weight is 348 g/mol. The number of amides is 1. The first-order valence-electron chi connectivity index (χ1n) is 9.30. The van der Waals surface area contributed by atoms with Crippen molar-refractivity contribution in [2.75, 3.05) is 27.3 Å². The van der Waals surface area contributed by atoms with Crippen LogP contribution >= 0.6 is 0 Å². The number of carbonyl (C=O) groups is 1. The molecule has 1 saturated carbocycles. The van der Waals surface area contributed by atoms with Gasteiger partial charge in [-0.1, -0.05) is 25.3 Å². The highest BCUT2D eigenvalue weighted by Crippen LogP contribution is 2.38. The number of benzene rings is 1. The van der Waals surface area contributed by atoms with Crippen LogP contribution in [-0.4, -0.2) is 33.2 Å².